The van der Waals surface area contributed by atoms with Crippen LogP contribution in [-0.2, 0) is 0 Å². The van der Waals surface area contributed by atoms with Crippen LogP contribution in [0, 0.1) is 11.6 Å². The average Bonchev–Trinajstić information content (AvgIpc) is 2.86. The highest BCUT2D eigenvalue weighted by atomic mass is 79.9. The smallest absolute Gasteiger partial charge is 0.150 e. The van der Waals surface area contributed by atoms with Crippen LogP contribution in [0.3, 0.4) is 0 Å². The predicted molar refractivity (Wildman–Crippen MR) is 87.9 cm³/mol. The Labute approximate surface area is 133 Å². The highest BCUT2D eigenvalue weighted by Crippen LogP contribution is 2.34. The number of fused-ring (bicyclic) bond motifs is 1. The van der Waals surface area contributed by atoms with Crippen molar-refractivity contribution in [2.75, 3.05) is 5.32 Å². The van der Waals surface area contributed by atoms with Gasteiger partial charge in [-0.05, 0) is 46.4 Å². The van der Waals surface area contributed by atoms with Gasteiger partial charge in [-0.1, -0.05) is 18.2 Å². The highest BCUT2D eigenvalue weighted by molar-refractivity contribution is 9.10. The Morgan fingerprint density at radius 1 is 1.14 bits per heavy atom. The number of anilines is 1. The molecule has 0 fully saturated rings. The minimum atomic E-state index is -0.602. The quantitative estimate of drug-likeness (QED) is 0.588. The highest BCUT2D eigenvalue weighted by Gasteiger charge is 2.15. The lowest BCUT2D eigenvalue weighted by Gasteiger charge is -2.15. The Balaban J connectivity index is 1.91. The van der Waals surface area contributed by atoms with E-state index in [0.29, 0.717) is 4.47 Å². The Kier molecular flexibility index (Phi) is 3.95. The molecular weight excluding hydrogens is 356 g/mol. The van der Waals surface area contributed by atoms with Crippen molar-refractivity contribution in [2.45, 2.75) is 13.0 Å². The summed E-state index contributed by atoms with van der Waals surface area (Å²) < 4.78 is 28.6. The second-order valence-electron chi connectivity index (χ2n) is 4.80. The predicted octanol–water partition coefficient (Wildman–Crippen LogP) is 6.12. The fourth-order valence-electron chi connectivity index (χ4n) is 2.18. The lowest BCUT2D eigenvalue weighted by molar-refractivity contribution is 0.582. The number of benzene rings is 2. The summed E-state index contributed by atoms with van der Waals surface area (Å²) in [6.45, 7) is 1.96. The average molecular weight is 368 g/mol. The molecule has 108 valence electrons. The molecule has 2 aromatic carbocycles. The molecule has 0 aliphatic heterocycles. The summed E-state index contributed by atoms with van der Waals surface area (Å²) in [7, 11) is 0. The van der Waals surface area contributed by atoms with Gasteiger partial charge in [-0.2, -0.15) is 0 Å². The van der Waals surface area contributed by atoms with Crippen LogP contribution >= 0.6 is 27.3 Å². The van der Waals surface area contributed by atoms with E-state index < -0.39 is 11.6 Å². The number of nitrogens with one attached hydrogen (secondary N) is 1. The summed E-state index contributed by atoms with van der Waals surface area (Å²) >= 11 is 4.86. The third-order valence-corrected chi connectivity index (χ3v) is 5.16. The maximum Gasteiger partial charge on any atom is 0.150 e. The molecule has 1 N–H and O–H groups in total. The topological polar surface area (TPSA) is 12.0 Å². The normalized spacial score (nSPS) is 12.6. The van der Waals surface area contributed by atoms with Gasteiger partial charge >= 0.3 is 0 Å². The Morgan fingerprint density at radius 3 is 2.62 bits per heavy atom. The molecule has 1 heterocycles. The fraction of sp³-hybridized carbons (Fsp3) is 0.125. The molecule has 0 radical (unpaired) electrons. The van der Waals surface area contributed by atoms with Crippen molar-refractivity contribution in [2.24, 2.45) is 0 Å². The maximum atomic E-state index is 13.9. The molecule has 5 heteroatoms. The van der Waals surface area contributed by atoms with E-state index in [1.807, 2.05) is 19.1 Å². The molecule has 1 nitrogen and oxygen atoms in total. The van der Waals surface area contributed by atoms with Gasteiger partial charge in [-0.25, -0.2) is 8.78 Å². The van der Waals surface area contributed by atoms with Crippen molar-refractivity contribution in [1.29, 1.82) is 0 Å². The molecule has 0 aliphatic carbocycles. The first-order valence-corrected chi connectivity index (χ1v) is 8.05. The van der Waals surface area contributed by atoms with Gasteiger partial charge in [0.05, 0.1) is 11.7 Å². The molecule has 3 rings (SSSR count). The van der Waals surface area contributed by atoms with Gasteiger partial charge in [0.2, 0.25) is 0 Å². The van der Waals surface area contributed by atoms with E-state index in [2.05, 4.69) is 39.4 Å². The molecule has 1 aromatic heterocycles. The summed E-state index contributed by atoms with van der Waals surface area (Å²) in [5.74, 6) is -1.20. The van der Waals surface area contributed by atoms with E-state index in [9.17, 15) is 8.78 Å². The first kappa shape index (κ1) is 14.5. The molecule has 0 aliphatic rings. The van der Waals surface area contributed by atoms with Crippen LogP contribution in [0.15, 0.2) is 46.9 Å². The van der Waals surface area contributed by atoms with Crippen LogP contribution < -0.4 is 5.32 Å². The summed E-state index contributed by atoms with van der Waals surface area (Å²) in [6.07, 6.45) is 0. The molecular formula is C16H12BrF2NS. The molecule has 0 saturated carbocycles. The van der Waals surface area contributed by atoms with Crippen LogP contribution in [0.5, 0.6) is 0 Å². The van der Waals surface area contributed by atoms with Crippen LogP contribution in [-0.4, -0.2) is 0 Å². The third-order valence-electron chi connectivity index (χ3n) is 3.24. The molecule has 0 spiro atoms. The number of halogens is 3. The van der Waals surface area contributed by atoms with Crippen LogP contribution in [0.25, 0.3) is 10.1 Å². The lowest BCUT2D eigenvalue weighted by Crippen LogP contribution is -2.07. The summed E-state index contributed by atoms with van der Waals surface area (Å²) in [4.78, 5) is 1.10. The fourth-order valence-corrected chi connectivity index (χ4v) is 3.77. The SMILES string of the molecule is CC(Nc1c(F)cc(F)cc1Br)c1cc2ccccc2s1. The van der Waals surface area contributed by atoms with Crippen molar-refractivity contribution < 1.29 is 8.78 Å². The van der Waals surface area contributed by atoms with Crippen molar-refractivity contribution in [3.05, 3.63) is 63.4 Å². The van der Waals surface area contributed by atoms with Gasteiger partial charge in [0.1, 0.15) is 11.6 Å². The van der Waals surface area contributed by atoms with E-state index in [-0.39, 0.29) is 11.7 Å². The second-order valence-corrected chi connectivity index (χ2v) is 6.77. The molecule has 1 atom stereocenters. The van der Waals surface area contributed by atoms with Crippen molar-refractivity contribution in [3.8, 4) is 0 Å². The molecule has 3 aromatic rings. The zero-order chi connectivity index (χ0) is 15.0. The monoisotopic (exact) mass is 367 g/mol. The van der Waals surface area contributed by atoms with Gasteiger partial charge < -0.3 is 5.32 Å². The van der Waals surface area contributed by atoms with E-state index in [1.165, 1.54) is 16.2 Å². The first-order chi connectivity index (χ1) is 10.0. The Morgan fingerprint density at radius 2 is 1.90 bits per heavy atom. The van der Waals surface area contributed by atoms with E-state index in [4.69, 9.17) is 0 Å². The zero-order valence-electron chi connectivity index (χ0n) is 11.2. The van der Waals surface area contributed by atoms with Gasteiger partial charge in [0.15, 0.2) is 0 Å². The number of rotatable bonds is 3. The van der Waals surface area contributed by atoms with Gasteiger partial charge in [-0.3, -0.25) is 0 Å². The lowest BCUT2D eigenvalue weighted by atomic mass is 10.2. The van der Waals surface area contributed by atoms with Crippen molar-refractivity contribution >= 4 is 43.0 Å². The number of hydrogen-bond donors (Lipinski definition) is 1. The van der Waals surface area contributed by atoms with Crippen molar-refractivity contribution in [1.82, 2.24) is 0 Å². The molecule has 0 bridgehead atoms. The van der Waals surface area contributed by atoms with Gasteiger partial charge in [0, 0.05) is 20.1 Å². The molecule has 0 amide bonds. The third kappa shape index (κ3) is 2.94. The van der Waals surface area contributed by atoms with E-state index >= 15 is 0 Å². The second kappa shape index (κ2) is 5.73. The van der Waals surface area contributed by atoms with Crippen molar-refractivity contribution in [3.63, 3.8) is 0 Å². The zero-order valence-corrected chi connectivity index (χ0v) is 13.6. The largest absolute Gasteiger partial charge is 0.374 e. The number of thiophene rings is 1. The van der Waals surface area contributed by atoms with Gasteiger partial charge in [-0.15, -0.1) is 11.3 Å². The molecule has 0 saturated heterocycles. The van der Waals surface area contributed by atoms with E-state index in [1.54, 1.807) is 11.3 Å². The molecule has 21 heavy (non-hydrogen) atoms. The maximum absolute atomic E-state index is 13.9. The van der Waals surface area contributed by atoms with Gasteiger partial charge in [0.25, 0.3) is 0 Å². The minimum Gasteiger partial charge on any atom is -0.374 e. The minimum absolute atomic E-state index is 0.0707. The molecule has 1 unspecified atom stereocenters. The standard InChI is InChI=1S/C16H12BrF2NS/c1-9(15-6-10-4-2-3-5-14(10)21-15)20-16-12(17)7-11(18)8-13(16)19/h2-9,20H,1H3. The summed E-state index contributed by atoms with van der Waals surface area (Å²) in [5.41, 5.74) is 0.279. The summed E-state index contributed by atoms with van der Waals surface area (Å²) in [6, 6.07) is 12.3. The van der Waals surface area contributed by atoms with Crippen LogP contribution in [0.1, 0.15) is 17.8 Å². The Bertz CT molecular complexity index is 744. The summed E-state index contributed by atoms with van der Waals surface area (Å²) in [5, 5.41) is 4.28. The first-order valence-electron chi connectivity index (χ1n) is 6.44. The number of hydrogen-bond acceptors (Lipinski definition) is 2. The van der Waals surface area contributed by atoms with Crippen LogP contribution in [0.2, 0.25) is 0 Å². The van der Waals surface area contributed by atoms with Crippen LogP contribution in [0.4, 0.5) is 14.5 Å². The Hall–Kier alpha value is -1.46. The van der Waals surface area contributed by atoms with E-state index in [0.717, 1.165) is 10.9 Å².